The number of hydrogen-bond acceptors (Lipinski definition) is 25. The van der Waals surface area contributed by atoms with Crippen LogP contribution in [0, 0.1) is 49.7 Å². The number of amides is 15. The molecule has 56 heteroatoms. The number of aliphatic carboxylic acids is 2. The molecule has 6 aliphatic rings. The van der Waals surface area contributed by atoms with Crippen molar-refractivity contribution in [2.75, 3.05) is 85.1 Å². The Hall–Kier alpha value is -14.2. The third-order valence-corrected chi connectivity index (χ3v) is 26.4. The number of nitrogens with two attached hydrogens (primary N) is 8. The lowest BCUT2D eigenvalue weighted by Crippen LogP contribution is -2.61. The van der Waals surface area contributed by atoms with Crippen molar-refractivity contribution in [3.8, 4) is 0 Å². The Morgan fingerprint density at radius 1 is 0.303 bits per heavy atom. The number of hydrogen-bond donors (Lipinski definition) is 33. The Labute approximate surface area is 842 Å². The summed E-state index contributed by atoms with van der Waals surface area (Å²) in [4.78, 5) is 254. The standard InChI is InChI=1S/C89H157N37O19/c1-5-49(4)66(120-69(131)52(21-8-36-107-85(95)96)112-67(129)50(90)19-6-34-105-83(91)92)75(137)117-55(24-11-39-110-88(101)102)77(139)121-41-13-26-59(121)71(133)115-54(23-10-38-109-87(99)100)78(140)126-46-18-31-64(126)81(143)125-45-17-30-63(125)70(132)113-51(20-7-35-106-84(93)94)68(130)119-58(47-48(2)3)80(142)124-44-16-28-61(124)73(135)116-56(32-33-65(127)128)79(141)123-43-14-27-60(123)72(134)114-53(22-9-37-108-86(97)98)76(138)122-42-15-29-62(122)74(136)118-57(82(144)145)25-12-40-111-89(103)104/h48-64,66H,5-47,90H2,1-4H3,(H,112,129)(H,113,132)(H,114,134)(H,115,133)(H,116,135)(H,117,137)(H,118,136)(H,119,130)(H,120,131)(H,127,128)(H,144,145)(H4,91,92,105)(H4,93,94,106)(H4,95,96,107)(H4,97,98,108)(H4,99,100,109)(H4,101,102,110)(H4,103,104,111)/t49-,50-,51-,52-,53-,54-,55-,56-,57-,58-,59-,60-,61-,62-,63-,64-,66-/m0/s1. The van der Waals surface area contributed by atoms with E-state index in [1.807, 2.05) is 0 Å². The molecule has 17 atom stereocenters. The van der Waals surface area contributed by atoms with Crippen LogP contribution in [0.5, 0.6) is 0 Å². The predicted octanol–water partition coefficient (Wildman–Crippen LogP) is -8.49. The van der Waals surface area contributed by atoms with Gasteiger partial charge in [0, 0.05) is 91.5 Å². The zero-order valence-electron chi connectivity index (χ0n) is 83.4. The minimum Gasteiger partial charge on any atom is -0.481 e. The summed E-state index contributed by atoms with van der Waals surface area (Å²) in [7, 11) is 0. The number of nitrogens with zero attached hydrogens (tertiary/aromatic N) is 6. The fourth-order valence-electron chi connectivity index (χ4n) is 18.7. The fourth-order valence-corrected chi connectivity index (χ4v) is 18.7. The zero-order chi connectivity index (χ0) is 107. The first-order valence-electron chi connectivity index (χ1n) is 50.1. The molecule has 0 unspecified atom stereocenters. The van der Waals surface area contributed by atoms with Gasteiger partial charge >= 0.3 is 11.9 Å². The van der Waals surface area contributed by atoms with Gasteiger partial charge in [-0.1, -0.05) is 34.1 Å². The largest absolute Gasteiger partial charge is 0.481 e. The number of rotatable bonds is 60. The highest BCUT2D eigenvalue weighted by Gasteiger charge is 2.49. The Balaban J connectivity index is 1.18. The fraction of sp³-hybridized carbons (Fsp3) is 0.730. The van der Waals surface area contributed by atoms with E-state index in [4.69, 9.17) is 83.7 Å². The summed E-state index contributed by atoms with van der Waals surface area (Å²) in [6.07, 6.45) is 2.24. The van der Waals surface area contributed by atoms with Gasteiger partial charge in [0.1, 0.15) is 90.6 Å². The first-order valence-corrected chi connectivity index (χ1v) is 50.1. The molecule has 0 radical (unpaired) electrons. The average Bonchev–Trinajstić information content (AvgIpc) is 1.66. The summed E-state index contributed by atoms with van der Waals surface area (Å²) < 4.78 is 0. The van der Waals surface area contributed by atoms with Crippen LogP contribution in [0.2, 0.25) is 0 Å². The molecule has 0 saturated carbocycles. The maximum Gasteiger partial charge on any atom is 0.326 e. The zero-order valence-corrected chi connectivity index (χ0v) is 83.4. The summed E-state index contributed by atoms with van der Waals surface area (Å²) in [6.45, 7) is 7.73. The molecular weight excluding hydrogens is 1890 g/mol. The number of carbonyl (C=O) groups is 17. The van der Waals surface area contributed by atoms with Gasteiger partial charge in [-0.25, -0.2) is 4.79 Å². The third kappa shape index (κ3) is 38.8. The number of likely N-dealkylation sites (tertiary alicyclic amines) is 6. The second-order valence-electron chi connectivity index (χ2n) is 37.9. The Morgan fingerprint density at radius 3 is 0.876 bits per heavy atom. The molecule has 0 spiro atoms. The highest BCUT2D eigenvalue weighted by atomic mass is 16.4. The number of nitrogens with one attached hydrogen (secondary N) is 23. The lowest BCUT2D eigenvalue weighted by atomic mass is 9.96. The SMILES string of the molecule is CC[C@H](C)[C@H](NC(=O)[C@H](CCCNC(=N)N)NC(=O)[C@@H](N)CCCNC(=N)N)C(=O)N[C@@H](CCCNC(=N)N)C(=O)N1CCC[C@H]1C(=O)N[C@@H](CCCNC(=N)N)C(=O)N1CCC[C@H]1C(=O)N1CCC[C@H]1C(=O)N[C@@H](CCCNC(=N)N)C(=O)N[C@@H](CC(C)C)C(=O)N1CCC[C@H]1C(=O)N[C@@H](CCC(=O)O)C(=O)N1CCC[C@H]1C(=O)N[C@@H](CCCNC(=N)N)C(=O)N1CCC[C@H]1C(=O)N[C@@H](CCCNC(=N)N)C(=O)O. The van der Waals surface area contributed by atoms with E-state index in [0.29, 0.717) is 25.7 Å². The van der Waals surface area contributed by atoms with E-state index >= 15 is 33.6 Å². The average molecular weight is 2050 g/mol. The van der Waals surface area contributed by atoms with Crippen LogP contribution in [0.3, 0.4) is 0 Å². The highest BCUT2D eigenvalue weighted by molar-refractivity contribution is 6.02. The molecular formula is C89H157N37O19. The van der Waals surface area contributed by atoms with E-state index in [0.717, 1.165) is 4.90 Å². The van der Waals surface area contributed by atoms with Crippen molar-refractivity contribution in [3.63, 3.8) is 0 Å². The summed E-state index contributed by atoms with van der Waals surface area (Å²) >= 11 is 0. The summed E-state index contributed by atoms with van der Waals surface area (Å²) in [5, 5.41) is 117. The van der Waals surface area contributed by atoms with Crippen molar-refractivity contribution in [2.45, 2.75) is 317 Å². The molecule has 6 heterocycles. The molecule has 0 aromatic carbocycles. The lowest BCUT2D eigenvalue weighted by Gasteiger charge is -2.34. The Morgan fingerprint density at radius 2 is 0.552 bits per heavy atom. The van der Waals surface area contributed by atoms with Crippen LogP contribution in [0.4, 0.5) is 0 Å². The molecule has 812 valence electrons. The first-order chi connectivity index (χ1) is 68.7. The number of carboxylic acids is 2. The van der Waals surface area contributed by atoms with Crippen molar-refractivity contribution < 1.29 is 91.7 Å². The van der Waals surface area contributed by atoms with Crippen LogP contribution in [0.1, 0.15) is 220 Å². The number of carboxylic acid groups (broad SMARTS) is 2. The van der Waals surface area contributed by atoms with Gasteiger partial charge < -0.3 is 171 Å². The van der Waals surface area contributed by atoms with Crippen molar-refractivity contribution >= 4 is 142 Å². The molecule has 6 aliphatic heterocycles. The van der Waals surface area contributed by atoms with Crippen LogP contribution in [-0.2, 0) is 81.5 Å². The van der Waals surface area contributed by atoms with E-state index in [-0.39, 0.29) is 281 Å². The summed E-state index contributed by atoms with van der Waals surface area (Å²) in [5.41, 5.74) is 44.9. The van der Waals surface area contributed by atoms with Gasteiger partial charge in [0.2, 0.25) is 88.6 Å². The maximum absolute atomic E-state index is 15.3. The molecule has 15 amide bonds. The van der Waals surface area contributed by atoms with Gasteiger partial charge in [-0.15, -0.1) is 0 Å². The third-order valence-electron chi connectivity index (χ3n) is 26.4. The Kier molecular flexibility index (Phi) is 49.8. The van der Waals surface area contributed by atoms with Crippen molar-refractivity contribution in [3.05, 3.63) is 0 Å². The summed E-state index contributed by atoms with van der Waals surface area (Å²) in [6, 6.07) is -21.1. The number of carbonyl (C=O) groups excluding carboxylic acids is 15. The van der Waals surface area contributed by atoms with E-state index in [2.05, 4.69) is 85.1 Å². The molecule has 0 aromatic rings. The molecule has 145 heavy (non-hydrogen) atoms. The summed E-state index contributed by atoms with van der Waals surface area (Å²) in [5.74, 6) is -17.6. The molecule has 0 aliphatic carbocycles. The first kappa shape index (κ1) is 120. The molecule has 0 aromatic heterocycles. The van der Waals surface area contributed by atoms with Crippen LogP contribution in [0.25, 0.3) is 0 Å². The topological polar surface area (TPSA) is 918 Å². The maximum atomic E-state index is 15.3. The monoisotopic (exact) mass is 2050 g/mol. The van der Waals surface area contributed by atoms with E-state index < -0.39 is 222 Å². The van der Waals surface area contributed by atoms with Gasteiger partial charge in [-0.3, -0.25) is 115 Å². The van der Waals surface area contributed by atoms with Crippen LogP contribution in [-0.4, -0.2) is 364 Å². The van der Waals surface area contributed by atoms with E-state index in [9.17, 15) is 58.2 Å². The van der Waals surface area contributed by atoms with Gasteiger partial charge in [-0.05, 0) is 192 Å². The minimum absolute atomic E-state index is 0.00353. The second kappa shape index (κ2) is 60.4. The lowest BCUT2D eigenvalue weighted by molar-refractivity contribution is -0.148. The van der Waals surface area contributed by atoms with Gasteiger partial charge in [0.15, 0.2) is 41.7 Å². The van der Waals surface area contributed by atoms with Gasteiger partial charge in [-0.2, -0.15) is 0 Å². The normalized spacial score (nSPS) is 19.7. The molecule has 6 saturated heterocycles. The quantitative estimate of drug-likeness (QED) is 0.0153. The van der Waals surface area contributed by atoms with Crippen LogP contribution in [0.15, 0.2) is 0 Å². The minimum atomic E-state index is -1.61. The smallest absolute Gasteiger partial charge is 0.326 e. The van der Waals surface area contributed by atoms with E-state index in [1.165, 1.54) is 24.5 Å². The number of guanidine groups is 7. The predicted molar refractivity (Wildman–Crippen MR) is 531 cm³/mol. The van der Waals surface area contributed by atoms with Crippen molar-refractivity contribution in [1.82, 2.24) is 114 Å². The second-order valence-corrected chi connectivity index (χ2v) is 37.9. The molecule has 56 nitrogen and oxygen atoms in total. The molecule has 6 fully saturated rings. The molecule has 0 bridgehead atoms. The van der Waals surface area contributed by atoms with E-state index in [1.54, 1.807) is 27.7 Å². The Bertz CT molecular complexity index is 4550. The molecule has 6 rings (SSSR count). The van der Waals surface area contributed by atoms with Crippen LogP contribution >= 0.6 is 0 Å². The van der Waals surface area contributed by atoms with Crippen molar-refractivity contribution in [2.24, 2.45) is 57.7 Å². The molecule has 41 N–H and O–H groups in total. The van der Waals surface area contributed by atoms with Gasteiger partial charge in [0.25, 0.3) is 0 Å². The van der Waals surface area contributed by atoms with Crippen molar-refractivity contribution in [1.29, 1.82) is 37.9 Å². The van der Waals surface area contributed by atoms with Crippen LogP contribution < -0.4 is 131 Å². The highest BCUT2D eigenvalue weighted by Crippen LogP contribution is 2.31. The van der Waals surface area contributed by atoms with Gasteiger partial charge in [0.05, 0.1) is 6.04 Å².